The van der Waals surface area contributed by atoms with Gasteiger partial charge in [0.25, 0.3) is 0 Å². The molecular weight excluding hydrogens is 274 g/mol. The van der Waals surface area contributed by atoms with Gasteiger partial charge in [0.05, 0.1) is 0 Å². The smallest absolute Gasteiger partial charge is 0.190 e. The molecule has 0 spiro atoms. The molecule has 0 aromatic carbocycles. The molecule has 1 atom stereocenters. The molecule has 5 heteroatoms. The first-order chi connectivity index (χ1) is 6.95. The van der Waals surface area contributed by atoms with E-state index in [1.165, 1.54) is 0 Å². The highest BCUT2D eigenvalue weighted by atomic mass is 79.9. The molecule has 0 fully saturated rings. The van der Waals surface area contributed by atoms with Crippen LogP contribution < -0.4 is 0 Å². The fourth-order valence-electron chi connectivity index (χ4n) is 1.10. The first-order valence-corrected chi connectivity index (χ1v) is 7.08. The molecule has 0 N–H and O–H groups in total. The van der Waals surface area contributed by atoms with E-state index in [4.69, 9.17) is 0 Å². The van der Waals surface area contributed by atoms with Gasteiger partial charge in [-0.25, -0.2) is 0 Å². The van der Waals surface area contributed by atoms with Crippen LogP contribution in [0.3, 0.4) is 0 Å². The van der Waals surface area contributed by atoms with Gasteiger partial charge in [-0.1, -0.05) is 48.5 Å². The average molecular weight is 292 g/mol. The number of thioether (sulfide) groups is 1. The van der Waals surface area contributed by atoms with Crippen molar-refractivity contribution in [2.24, 2.45) is 18.4 Å². The molecule has 0 saturated heterocycles. The highest BCUT2D eigenvalue weighted by Gasteiger charge is 2.24. The van der Waals surface area contributed by atoms with Gasteiger partial charge in [-0.3, -0.25) is 0 Å². The van der Waals surface area contributed by atoms with E-state index in [0.29, 0.717) is 11.3 Å². The molecule has 0 bridgehead atoms. The fraction of sp³-hybridized carbons (Fsp3) is 0.800. The number of hydrogen-bond donors (Lipinski definition) is 0. The van der Waals surface area contributed by atoms with Crippen LogP contribution in [-0.2, 0) is 7.05 Å². The lowest BCUT2D eigenvalue weighted by Gasteiger charge is -2.28. The van der Waals surface area contributed by atoms with E-state index in [1.807, 2.05) is 11.6 Å². The van der Waals surface area contributed by atoms with E-state index in [1.54, 1.807) is 18.1 Å². The molecular formula is C10H18BrN3S. The third-order valence-corrected chi connectivity index (χ3v) is 4.47. The van der Waals surface area contributed by atoms with Gasteiger partial charge in [0.1, 0.15) is 6.33 Å². The summed E-state index contributed by atoms with van der Waals surface area (Å²) in [6.07, 6.45) is 1.74. The van der Waals surface area contributed by atoms with Crippen molar-refractivity contribution < 1.29 is 0 Å². The second-order valence-corrected chi connectivity index (χ2v) is 6.39. The molecule has 1 heterocycles. The van der Waals surface area contributed by atoms with Gasteiger partial charge in [-0.15, -0.1) is 10.2 Å². The van der Waals surface area contributed by atoms with Crippen LogP contribution >= 0.6 is 27.7 Å². The minimum absolute atomic E-state index is 0.328. The Hall–Kier alpha value is -0.0300. The molecule has 0 saturated carbocycles. The summed E-state index contributed by atoms with van der Waals surface area (Å²) in [5.41, 5.74) is 0.328. The normalized spacial score (nSPS) is 14.2. The molecule has 1 rings (SSSR count). The van der Waals surface area contributed by atoms with Crippen molar-refractivity contribution in [1.82, 2.24) is 14.8 Å². The number of aryl methyl sites for hydroxylation is 1. The third kappa shape index (κ3) is 3.79. The summed E-state index contributed by atoms with van der Waals surface area (Å²) in [6.45, 7) is 6.82. The largest absolute Gasteiger partial charge is 0.312 e. The number of nitrogens with zero attached hydrogens (tertiary/aromatic N) is 3. The molecule has 15 heavy (non-hydrogen) atoms. The summed E-state index contributed by atoms with van der Waals surface area (Å²) >= 11 is 5.35. The Kier molecular flexibility index (Phi) is 4.64. The fourth-order valence-corrected chi connectivity index (χ4v) is 3.93. The molecule has 0 aliphatic rings. The van der Waals surface area contributed by atoms with Crippen molar-refractivity contribution in [1.29, 1.82) is 0 Å². The Balaban J connectivity index is 2.52. The van der Waals surface area contributed by atoms with Crippen molar-refractivity contribution in [2.75, 3.05) is 11.1 Å². The van der Waals surface area contributed by atoms with Gasteiger partial charge in [-0.05, 0) is 11.3 Å². The van der Waals surface area contributed by atoms with E-state index in [9.17, 15) is 0 Å². The van der Waals surface area contributed by atoms with E-state index in [0.717, 1.165) is 16.2 Å². The molecule has 0 aliphatic heterocycles. The second kappa shape index (κ2) is 5.34. The lowest BCUT2D eigenvalue weighted by atomic mass is 9.83. The van der Waals surface area contributed by atoms with Gasteiger partial charge in [-0.2, -0.15) is 0 Å². The molecule has 1 aromatic rings. The van der Waals surface area contributed by atoms with Crippen molar-refractivity contribution in [3.8, 4) is 0 Å². The van der Waals surface area contributed by atoms with Gasteiger partial charge in [0, 0.05) is 18.1 Å². The lowest BCUT2D eigenvalue weighted by Crippen LogP contribution is -2.24. The summed E-state index contributed by atoms with van der Waals surface area (Å²) < 4.78 is 1.96. The molecule has 1 aromatic heterocycles. The average Bonchev–Trinajstić information content (AvgIpc) is 2.50. The topological polar surface area (TPSA) is 30.7 Å². The van der Waals surface area contributed by atoms with E-state index >= 15 is 0 Å². The molecule has 0 aliphatic carbocycles. The Morgan fingerprint density at radius 1 is 1.53 bits per heavy atom. The van der Waals surface area contributed by atoms with Crippen molar-refractivity contribution >= 4 is 27.7 Å². The molecule has 0 radical (unpaired) electrons. The van der Waals surface area contributed by atoms with Crippen LogP contribution in [0.1, 0.15) is 20.8 Å². The quantitative estimate of drug-likeness (QED) is 0.631. The maximum Gasteiger partial charge on any atom is 0.190 e. The predicted molar refractivity (Wildman–Crippen MR) is 68.5 cm³/mol. The molecule has 3 nitrogen and oxygen atoms in total. The zero-order valence-corrected chi connectivity index (χ0v) is 12.1. The standard InChI is InChI=1S/C10H18BrN3S/c1-10(2,3)8(5-11)6-15-9-13-12-7-14(9)4/h7-8H,5-6H2,1-4H3. The van der Waals surface area contributed by atoms with Crippen LogP contribution in [0.5, 0.6) is 0 Å². The van der Waals surface area contributed by atoms with E-state index in [2.05, 4.69) is 46.9 Å². The third-order valence-electron chi connectivity index (χ3n) is 2.49. The number of rotatable bonds is 4. The minimum Gasteiger partial charge on any atom is -0.312 e. The Bertz CT molecular complexity index is 306. The first-order valence-electron chi connectivity index (χ1n) is 4.98. The van der Waals surface area contributed by atoms with Crippen molar-refractivity contribution in [2.45, 2.75) is 25.9 Å². The van der Waals surface area contributed by atoms with Crippen LogP contribution in [0.2, 0.25) is 0 Å². The minimum atomic E-state index is 0.328. The Morgan fingerprint density at radius 2 is 2.20 bits per heavy atom. The Morgan fingerprint density at radius 3 is 2.60 bits per heavy atom. The Labute approximate surface area is 104 Å². The number of halogens is 1. The predicted octanol–water partition coefficient (Wildman–Crippen LogP) is 2.96. The van der Waals surface area contributed by atoms with E-state index < -0.39 is 0 Å². The number of aromatic nitrogens is 3. The summed E-state index contributed by atoms with van der Waals surface area (Å²) in [5.74, 6) is 1.71. The summed E-state index contributed by atoms with van der Waals surface area (Å²) in [5, 5.41) is 9.95. The maximum atomic E-state index is 4.06. The first kappa shape index (κ1) is 13.0. The highest BCUT2D eigenvalue weighted by molar-refractivity contribution is 9.09. The summed E-state index contributed by atoms with van der Waals surface area (Å²) in [6, 6.07) is 0. The zero-order chi connectivity index (χ0) is 11.5. The van der Waals surface area contributed by atoms with Crippen LogP contribution in [0.4, 0.5) is 0 Å². The molecule has 1 unspecified atom stereocenters. The summed E-state index contributed by atoms with van der Waals surface area (Å²) in [4.78, 5) is 0. The van der Waals surface area contributed by atoms with Crippen LogP contribution in [0.25, 0.3) is 0 Å². The van der Waals surface area contributed by atoms with Crippen LogP contribution in [-0.4, -0.2) is 25.8 Å². The SMILES string of the molecule is Cn1cnnc1SCC(CBr)C(C)(C)C. The number of alkyl halides is 1. The number of hydrogen-bond acceptors (Lipinski definition) is 3. The van der Waals surface area contributed by atoms with E-state index in [-0.39, 0.29) is 0 Å². The van der Waals surface area contributed by atoms with Crippen molar-refractivity contribution in [3.05, 3.63) is 6.33 Å². The van der Waals surface area contributed by atoms with Crippen molar-refractivity contribution in [3.63, 3.8) is 0 Å². The lowest BCUT2D eigenvalue weighted by molar-refractivity contribution is 0.295. The maximum absolute atomic E-state index is 4.06. The molecule has 86 valence electrons. The van der Waals surface area contributed by atoms with Gasteiger partial charge < -0.3 is 4.57 Å². The van der Waals surface area contributed by atoms with Gasteiger partial charge in [0.2, 0.25) is 0 Å². The second-order valence-electron chi connectivity index (χ2n) is 4.75. The summed E-state index contributed by atoms with van der Waals surface area (Å²) in [7, 11) is 1.97. The monoisotopic (exact) mass is 291 g/mol. The van der Waals surface area contributed by atoms with Gasteiger partial charge in [0.15, 0.2) is 5.16 Å². The van der Waals surface area contributed by atoms with Crippen LogP contribution in [0.15, 0.2) is 11.5 Å². The van der Waals surface area contributed by atoms with Gasteiger partial charge >= 0.3 is 0 Å². The molecule has 0 amide bonds. The highest BCUT2D eigenvalue weighted by Crippen LogP contribution is 2.32. The van der Waals surface area contributed by atoms with Crippen LogP contribution in [0, 0.1) is 11.3 Å². The zero-order valence-electron chi connectivity index (χ0n) is 9.70.